The lowest BCUT2D eigenvalue weighted by Crippen LogP contribution is -2.24. The molecule has 1 unspecified atom stereocenters. The summed E-state index contributed by atoms with van der Waals surface area (Å²) in [7, 11) is 3.57. The number of nitrogens with zero attached hydrogens (tertiary/aromatic N) is 9. The predicted octanol–water partition coefficient (Wildman–Crippen LogP) is 3.36. The van der Waals surface area contributed by atoms with Gasteiger partial charge in [0.2, 0.25) is 0 Å². The number of hydrogen-bond donors (Lipinski definition) is 0. The van der Waals surface area contributed by atoms with E-state index in [1.54, 1.807) is 19.4 Å². The molecule has 6 rings (SSSR count). The summed E-state index contributed by atoms with van der Waals surface area (Å²) in [6.45, 7) is 0. The Balaban J connectivity index is 1.60. The minimum absolute atomic E-state index is 0.125. The summed E-state index contributed by atoms with van der Waals surface area (Å²) in [5, 5.41) is 20.2. The summed E-state index contributed by atoms with van der Waals surface area (Å²) in [4.78, 5) is 13.3. The van der Waals surface area contributed by atoms with Crippen LogP contribution in [0.25, 0.3) is 22.6 Å². The zero-order valence-corrected chi connectivity index (χ0v) is 20.0. The van der Waals surface area contributed by atoms with Crippen LogP contribution in [-0.4, -0.2) is 43.9 Å². The van der Waals surface area contributed by atoms with E-state index in [-0.39, 0.29) is 11.4 Å². The summed E-state index contributed by atoms with van der Waals surface area (Å²) in [5.74, 6) is 1.42. The number of aryl methyl sites for hydroxylation is 2. The van der Waals surface area contributed by atoms with Gasteiger partial charge in [0.1, 0.15) is 12.2 Å². The van der Waals surface area contributed by atoms with E-state index in [0.29, 0.717) is 23.0 Å². The minimum atomic E-state index is -4.61. The number of alkyl halides is 3. The second-order valence-electron chi connectivity index (χ2n) is 9.36. The van der Waals surface area contributed by atoms with E-state index in [2.05, 4.69) is 25.7 Å². The van der Waals surface area contributed by atoms with Crippen molar-refractivity contribution in [1.29, 1.82) is 0 Å². The summed E-state index contributed by atoms with van der Waals surface area (Å²) in [6, 6.07) is 7.67. The SMILES string of the molecule is Cn1cnnc1C(c1cc(-c2nnnn2C)cc(-n2cc3c(C(F)(F)F)cccn3c2=O)c1)C1CCC1. The Hall–Kier alpha value is -4.29. The van der Waals surface area contributed by atoms with Crippen molar-refractivity contribution in [3.63, 3.8) is 0 Å². The molecule has 4 aromatic heterocycles. The number of halogens is 3. The largest absolute Gasteiger partial charge is 0.418 e. The Morgan fingerprint density at radius 1 is 1.11 bits per heavy atom. The van der Waals surface area contributed by atoms with Gasteiger partial charge in [-0.1, -0.05) is 6.42 Å². The number of rotatable bonds is 5. The van der Waals surface area contributed by atoms with E-state index in [1.807, 2.05) is 23.7 Å². The Kier molecular flexibility index (Phi) is 5.24. The van der Waals surface area contributed by atoms with Crippen LogP contribution < -0.4 is 5.69 Å². The molecule has 4 heterocycles. The summed E-state index contributed by atoms with van der Waals surface area (Å²) in [5.41, 5.74) is 0.171. The number of benzene rings is 1. The van der Waals surface area contributed by atoms with Crippen molar-refractivity contribution in [2.75, 3.05) is 0 Å². The first-order valence-electron chi connectivity index (χ1n) is 11.7. The van der Waals surface area contributed by atoms with Gasteiger partial charge in [-0.25, -0.2) is 9.48 Å². The fourth-order valence-electron chi connectivity index (χ4n) is 5.07. The third-order valence-electron chi connectivity index (χ3n) is 7.10. The first kappa shape index (κ1) is 23.1. The van der Waals surface area contributed by atoms with E-state index in [9.17, 15) is 18.0 Å². The third-order valence-corrected chi connectivity index (χ3v) is 7.10. The normalized spacial score (nSPS) is 15.3. The molecule has 1 aromatic carbocycles. The summed E-state index contributed by atoms with van der Waals surface area (Å²) >= 11 is 0. The van der Waals surface area contributed by atoms with Crippen LogP contribution in [-0.2, 0) is 20.3 Å². The fourth-order valence-corrected chi connectivity index (χ4v) is 5.07. The molecule has 0 aliphatic heterocycles. The smallest absolute Gasteiger partial charge is 0.320 e. The van der Waals surface area contributed by atoms with Gasteiger partial charge in [0.15, 0.2) is 5.82 Å². The molecule has 5 aromatic rings. The molecule has 0 saturated heterocycles. The van der Waals surface area contributed by atoms with Gasteiger partial charge in [0, 0.05) is 38.0 Å². The molecule has 37 heavy (non-hydrogen) atoms. The molecular weight excluding hydrogens is 487 g/mol. The van der Waals surface area contributed by atoms with Crippen LogP contribution in [0.5, 0.6) is 0 Å². The molecule has 1 fully saturated rings. The first-order valence-corrected chi connectivity index (χ1v) is 11.7. The lowest BCUT2D eigenvalue weighted by molar-refractivity contribution is -0.136. The Morgan fingerprint density at radius 3 is 2.54 bits per heavy atom. The zero-order valence-electron chi connectivity index (χ0n) is 20.0. The second-order valence-corrected chi connectivity index (χ2v) is 9.36. The molecule has 0 spiro atoms. The fraction of sp³-hybridized carbons (Fsp3) is 0.333. The molecule has 0 radical (unpaired) electrons. The van der Waals surface area contributed by atoms with Gasteiger partial charge >= 0.3 is 11.9 Å². The van der Waals surface area contributed by atoms with Crippen molar-refractivity contribution < 1.29 is 13.2 Å². The van der Waals surface area contributed by atoms with Crippen molar-refractivity contribution in [3.8, 4) is 17.1 Å². The minimum Gasteiger partial charge on any atom is -0.320 e. The lowest BCUT2D eigenvalue weighted by Gasteiger charge is -2.33. The average molecular weight is 509 g/mol. The maximum Gasteiger partial charge on any atom is 0.418 e. The molecule has 0 amide bonds. The van der Waals surface area contributed by atoms with Crippen LogP contribution >= 0.6 is 0 Å². The number of pyridine rings is 1. The van der Waals surface area contributed by atoms with Crippen molar-refractivity contribution >= 4 is 5.52 Å². The first-order chi connectivity index (χ1) is 17.7. The van der Waals surface area contributed by atoms with E-state index >= 15 is 0 Å². The highest BCUT2D eigenvalue weighted by atomic mass is 19.4. The maximum atomic E-state index is 13.7. The quantitative estimate of drug-likeness (QED) is 0.360. The van der Waals surface area contributed by atoms with Gasteiger partial charge in [-0.05, 0) is 65.1 Å². The van der Waals surface area contributed by atoms with Crippen LogP contribution in [0, 0.1) is 5.92 Å². The highest BCUT2D eigenvalue weighted by Crippen LogP contribution is 2.44. The molecule has 13 heteroatoms. The number of fused-ring (bicyclic) bond motifs is 1. The van der Waals surface area contributed by atoms with Crippen molar-refractivity contribution in [2.24, 2.45) is 20.0 Å². The Labute approximate surface area is 208 Å². The number of hydrogen-bond acceptors (Lipinski definition) is 6. The van der Waals surface area contributed by atoms with E-state index < -0.39 is 17.4 Å². The molecule has 0 bridgehead atoms. The van der Waals surface area contributed by atoms with Crippen molar-refractivity contribution in [3.05, 3.63) is 76.5 Å². The predicted molar refractivity (Wildman–Crippen MR) is 126 cm³/mol. The van der Waals surface area contributed by atoms with Crippen LogP contribution in [0.1, 0.15) is 42.1 Å². The van der Waals surface area contributed by atoms with Crippen molar-refractivity contribution in [1.82, 2.24) is 43.9 Å². The number of imidazole rings is 1. The van der Waals surface area contributed by atoms with Crippen LogP contribution in [0.3, 0.4) is 0 Å². The van der Waals surface area contributed by atoms with Gasteiger partial charge in [-0.3, -0.25) is 8.97 Å². The van der Waals surface area contributed by atoms with Gasteiger partial charge in [-0.15, -0.1) is 15.3 Å². The second kappa shape index (κ2) is 8.39. The zero-order chi connectivity index (χ0) is 25.9. The van der Waals surface area contributed by atoms with E-state index in [4.69, 9.17) is 0 Å². The van der Waals surface area contributed by atoms with Crippen LogP contribution in [0.15, 0.2) is 53.8 Å². The lowest BCUT2D eigenvalue weighted by atomic mass is 9.72. The maximum absolute atomic E-state index is 13.7. The van der Waals surface area contributed by atoms with Gasteiger partial charge in [0.25, 0.3) is 0 Å². The summed E-state index contributed by atoms with van der Waals surface area (Å²) < 4.78 is 46.7. The highest BCUT2D eigenvalue weighted by Gasteiger charge is 2.35. The monoisotopic (exact) mass is 509 g/mol. The number of aromatic nitrogens is 9. The third kappa shape index (κ3) is 3.81. The van der Waals surface area contributed by atoms with Crippen molar-refractivity contribution in [2.45, 2.75) is 31.4 Å². The van der Waals surface area contributed by atoms with Crippen LogP contribution in [0.4, 0.5) is 13.2 Å². The molecule has 1 saturated carbocycles. The van der Waals surface area contributed by atoms with Gasteiger partial charge < -0.3 is 4.57 Å². The van der Waals surface area contributed by atoms with E-state index in [0.717, 1.165) is 41.1 Å². The molecule has 1 atom stereocenters. The molecular formula is C24H22F3N9O. The Morgan fingerprint density at radius 2 is 1.92 bits per heavy atom. The van der Waals surface area contributed by atoms with E-state index in [1.165, 1.54) is 27.7 Å². The molecule has 1 aliphatic rings. The Bertz CT molecular complexity index is 1670. The number of tetrazole rings is 1. The molecule has 190 valence electrons. The highest BCUT2D eigenvalue weighted by molar-refractivity contribution is 5.63. The molecule has 1 aliphatic carbocycles. The topological polar surface area (TPSA) is 101 Å². The standard InChI is InChI=1S/C24H22F3N9O/c1-33-13-28-29-22(33)20(14-5-3-6-14)15-9-16(21-30-31-32-34(21)2)11-17(10-15)36-12-19-18(24(25,26)27)7-4-8-35(19)23(36)37/h4,7-14,20H,3,5-6H2,1-2H3. The van der Waals surface area contributed by atoms with Crippen LogP contribution in [0.2, 0.25) is 0 Å². The van der Waals surface area contributed by atoms with Gasteiger partial charge in [-0.2, -0.15) is 13.2 Å². The summed E-state index contributed by atoms with van der Waals surface area (Å²) in [6.07, 6.45) is 2.71. The van der Waals surface area contributed by atoms with Gasteiger partial charge in [0.05, 0.1) is 16.8 Å². The average Bonchev–Trinajstić information content (AvgIpc) is 3.54. The molecule has 0 N–H and O–H groups in total. The molecule has 10 nitrogen and oxygen atoms in total.